The van der Waals surface area contributed by atoms with Crippen LogP contribution in [0.2, 0.25) is 0 Å². The minimum absolute atomic E-state index is 0.572. The monoisotopic (exact) mass is 284 g/mol. The number of aryl methyl sites for hydroxylation is 2. The fraction of sp³-hybridized carbons (Fsp3) is 0.294. The predicted octanol–water partition coefficient (Wildman–Crippen LogP) is 3.34. The third-order valence-corrected chi connectivity index (χ3v) is 5.02. The van der Waals surface area contributed by atoms with Crippen LogP contribution in [-0.2, 0) is 14.1 Å². The summed E-state index contributed by atoms with van der Waals surface area (Å²) in [5, 5.41) is 1.30. The molecule has 3 rings (SSSR count). The summed E-state index contributed by atoms with van der Waals surface area (Å²) in [6, 6.07) is 13.2. The third kappa shape index (κ3) is 2.12. The highest BCUT2D eigenvalue weighted by molar-refractivity contribution is 7.21. The van der Waals surface area contributed by atoms with Crippen molar-refractivity contribution in [2.45, 2.75) is 19.8 Å². The third-order valence-electron chi connectivity index (χ3n) is 3.80. The van der Waals surface area contributed by atoms with E-state index in [0.717, 1.165) is 0 Å². The molecule has 0 unspecified atom stereocenters. The number of benzene rings is 1. The van der Waals surface area contributed by atoms with Crippen LogP contribution in [0.15, 0.2) is 42.6 Å². The number of aromatic nitrogens is 2. The minimum Gasteiger partial charge on any atom is -0.195 e. The molecule has 0 amide bonds. The second kappa shape index (κ2) is 4.98. The van der Waals surface area contributed by atoms with Crippen LogP contribution in [-0.4, -0.2) is 0 Å². The fourth-order valence-electron chi connectivity index (χ4n) is 2.50. The Morgan fingerprint density at radius 1 is 1.05 bits per heavy atom. The van der Waals surface area contributed by atoms with Gasteiger partial charge in [0, 0.05) is 18.2 Å². The van der Waals surface area contributed by atoms with Crippen LogP contribution in [0.3, 0.4) is 0 Å². The molecule has 3 aromatic rings. The van der Waals surface area contributed by atoms with E-state index in [1.54, 1.807) is 0 Å². The summed E-state index contributed by atoms with van der Waals surface area (Å²) in [6.07, 6.45) is 2.10. The van der Waals surface area contributed by atoms with Crippen LogP contribution in [0.5, 0.6) is 0 Å². The maximum atomic E-state index is 2.33. The number of hydrogen-bond donors (Lipinski definition) is 0. The van der Waals surface area contributed by atoms with Crippen LogP contribution in [0, 0.1) is 0 Å². The molecule has 0 fully saturated rings. The molecule has 0 saturated heterocycles. The van der Waals surface area contributed by atoms with Crippen molar-refractivity contribution >= 4 is 21.6 Å². The van der Waals surface area contributed by atoms with Crippen LogP contribution in [0.1, 0.15) is 25.3 Å². The zero-order valence-electron chi connectivity index (χ0n) is 12.4. The number of rotatable bonds is 2. The Labute approximate surface area is 123 Å². The highest BCUT2D eigenvalue weighted by Gasteiger charge is 2.25. The smallest absolute Gasteiger partial charge is 0.195 e. The molecule has 2 heterocycles. The first-order valence-electron chi connectivity index (χ1n) is 6.95. The van der Waals surface area contributed by atoms with Crippen LogP contribution in [0.25, 0.3) is 20.9 Å². The van der Waals surface area contributed by atoms with E-state index in [1.807, 2.05) is 11.3 Å². The Balaban J connectivity index is 2.23. The number of fused-ring (bicyclic) bond motifs is 1. The summed E-state index contributed by atoms with van der Waals surface area (Å²) < 4.78 is 5.82. The zero-order valence-corrected chi connectivity index (χ0v) is 13.2. The lowest BCUT2D eigenvalue weighted by Gasteiger charge is -2.02. The minimum atomic E-state index is 0.572. The fourth-order valence-corrected chi connectivity index (χ4v) is 3.77. The summed E-state index contributed by atoms with van der Waals surface area (Å²) >= 11 is 1.86. The van der Waals surface area contributed by atoms with Gasteiger partial charge in [0.15, 0.2) is 6.20 Å². The van der Waals surface area contributed by atoms with Crippen molar-refractivity contribution in [1.29, 1.82) is 0 Å². The van der Waals surface area contributed by atoms with Crippen LogP contribution >= 0.6 is 11.3 Å². The summed E-state index contributed by atoms with van der Waals surface area (Å²) in [6.45, 7) is 4.49. The standard InChI is InChI=1S/C17H20N2S/c1-12(2)13-8-9-14-16(11-13)20-17(19(14)4)15-7-5-6-10-18(15)3/h5-12H,1-4H3/q+2. The highest BCUT2D eigenvalue weighted by atomic mass is 32.1. The van der Waals surface area contributed by atoms with Crippen molar-refractivity contribution in [2.75, 3.05) is 0 Å². The van der Waals surface area contributed by atoms with Crippen molar-refractivity contribution in [3.63, 3.8) is 0 Å². The molecule has 20 heavy (non-hydrogen) atoms. The molecule has 0 aliphatic heterocycles. The summed E-state index contributed by atoms with van der Waals surface area (Å²) in [5.41, 5.74) is 3.96. The summed E-state index contributed by atoms with van der Waals surface area (Å²) in [4.78, 5) is 0. The first kappa shape index (κ1) is 13.3. The van der Waals surface area contributed by atoms with Gasteiger partial charge >= 0.3 is 5.01 Å². The molecule has 2 aromatic heterocycles. The lowest BCUT2D eigenvalue weighted by atomic mass is 10.0. The van der Waals surface area contributed by atoms with Crippen molar-refractivity contribution in [3.8, 4) is 10.7 Å². The maximum Gasteiger partial charge on any atom is 0.335 e. The molecule has 3 heteroatoms. The van der Waals surface area contributed by atoms with Gasteiger partial charge in [0.05, 0.1) is 0 Å². The van der Waals surface area contributed by atoms with Crippen molar-refractivity contribution in [2.24, 2.45) is 14.1 Å². The molecule has 0 aliphatic carbocycles. The van der Waals surface area contributed by atoms with E-state index in [1.165, 1.54) is 26.5 Å². The maximum absolute atomic E-state index is 2.33. The molecule has 102 valence electrons. The largest absolute Gasteiger partial charge is 0.335 e. The number of nitrogens with zero attached hydrogens (tertiary/aromatic N) is 2. The van der Waals surface area contributed by atoms with Gasteiger partial charge in [-0.2, -0.15) is 9.13 Å². The van der Waals surface area contributed by atoms with E-state index in [0.29, 0.717) is 5.92 Å². The van der Waals surface area contributed by atoms with E-state index < -0.39 is 0 Å². The van der Waals surface area contributed by atoms with Crippen LogP contribution < -0.4 is 9.13 Å². The second-order valence-electron chi connectivity index (χ2n) is 5.54. The van der Waals surface area contributed by atoms with Gasteiger partial charge in [0.25, 0.3) is 5.69 Å². The van der Waals surface area contributed by atoms with Gasteiger partial charge in [-0.15, -0.1) is 0 Å². The van der Waals surface area contributed by atoms with E-state index in [2.05, 4.69) is 79.7 Å². The Morgan fingerprint density at radius 2 is 1.85 bits per heavy atom. The van der Waals surface area contributed by atoms with Gasteiger partial charge in [-0.05, 0) is 23.6 Å². The molecule has 0 bridgehead atoms. The molecule has 0 aliphatic rings. The van der Waals surface area contributed by atoms with Gasteiger partial charge < -0.3 is 0 Å². The Bertz CT molecular complexity index is 772. The first-order valence-corrected chi connectivity index (χ1v) is 7.77. The van der Waals surface area contributed by atoms with E-state index in [-0.39, 0.29) is 0 Å². The first-order chi connectivity index (χ1) is 9.58. The summed E-state index contributed by atoms with van der Waals surface area (Å²) in [5.74, 6) is 0.572. The molecule has 0 atom stereocenters. The average Bonchev–Trinajstić information content (AvgIpc) is 2.76. The average molecular weight is 284 g/mol. The molecule has 1 aromatic carbocycles. The van der Waals surface area contributed by atoms with E-state index >= 15 is 0 Å². The molecule has 2 nitrogen and oxygen atoms in total. The van der Waals surface area contributed by atoms with Gasteiger partial charge in [-0.1, -0.05) is 31.3 Å². The molecule has 0 N–H and O–H groups in total. The Morgan fingerprint density at radius 3 is 2.55 bits per heavy atom. The predicted molar refractivity (Wildman–Crippen MR) is 83.7 cm³/mol. The Kier molecular flexibility index (Phi) is 3.30. The van der Waals surface area contributed by atoms with Gasteiger partial charge in [0.1, 0.15) is 18.8 Å². The molecule has 0 spiro atoms. The van der Waals surface area contributed by atoms with Crippen molar-refractivity contribution in [3.05, 3.63) is 48.2 Å². The lowest BCUT2D eigenvalue weighted by Crippen LogP contribution is -2.36. The second-order valence-corrected chi connectivity index (χ2v) is 6.58. The quantitative estimate of drug-likeness (QED) is 0.638. The van der Waals surface area contributed by atoms with Crippen LogP contribution in [0.4, 0.5) is 0 Å². The topological polar surface area (TPSA) is 7.76 Å². The van der Waals surface area contributed by atoms with Gasteiger partial charge in [-0.25, -0.2) is 0 Å². The number of thiazole rings is 1. The van der Waals surface area contributed by atoms with Gasteiger partial charge in [0.2, 0.25) is 5.52 Å². The number of pyridine rings is 1. The molecular weight excluding hydrogens is 264 g/mol. The number of hydrogen-bond acceptors (Lipinski definition) is 1. The molecule has 0 saturated carbocycles. The van der Waals surface area contributed by atoms with Crippen molar-refractivity contribution < 1.29 is 9.13 Å². The zero-order chi connectivity index (χ0) is 14.3. The van der Waals surface area contributed by atoms with Gasteiger partial charge in [-0.3, -0.25) is 0 Å². The lowest BCUT2D eigenvalue weighted by molar-refractivity contribution is -0.678. The van der Waals surface area contributed by atoms with E-state index in [9.17, 15) is 0 Å². The molecule has 0 radical (unpaired) electrons. The SMILES string of the molecule is CC(C)c1ccc2c(c1)sc(-c1cccc[n+]1C)[n+]2C. The molecular formula is C17H20N2S+2. The van der Waals surface area contributed by atoms with E-state index in [4.69, 9.17) is 0 Å². The summed E-state index contributed by atoms with van der Waals surface area (Å²) in [7, 11) is 4.25. The highest BCUT2D eigenvalue weighted by Crippen LogP contribution is 2.28. The Hall–Kier alpha value is -1.74. The van der Waals surface area contributed by atoms with Crippen molar-refractivity contribution in [1.82, 2.24) is 0 Å². The normalized spacial score (nSPS) is 11.4.